The number of fused-ring (bicyclic) bond motifs is 1. The fourth-order valence-electron chi connectivity index (χ4n) is 2.59. The number of benzene rings is 2. The quantitative estimate of drug-likeness (QED) is 0.767. The molecule has 2 aromatic carbocycles. The number of rotatable bonds is 5. The minimum absolute atomic E-state index is 0.232. The molecule has 0 fully saturated rings. The molecule has 0 bridgehead atoms. The van der Waals surface area contributed by atoms with E-state index in [2.05, 4.69) is 12.1 Å². The Kier molecular flexibility index (Phi) is 3.93. The average molecular weight is 266 g/mol. The van der Waals surface area contributed by atoms with Crippen molar-refractivity contribution in [1.82, 2.24) is 0 Å². The van der Waals surface area contributed by atoms with E-state index in [-0.39, 0.29) is 5.78 Å². The summed E-state index contributed by atoms with van der Waals surface area (Å²) in [6.45, 7) is 1.32. The molecule has 0 aromatic heterocycles. The third-order valence-corrected chi connectivity index (χ3v) is 3.76. The number of hydrogen-bond acceptors (Lipinski definition) is 2. The summed E-state index contributed by atoms with van der Waals surface area (Å²) in [4.78, 5) is 12.2. The Bertz CT molecular complexity index is 602. The molecule has 0 unspecified atom stereocenters. The van der Waals surface area contributed by atoms with Crippen molar-refractivity contribution >= 4 is 5.78 Å². The third kappa shape index (κ3) is 2.97. The molecular formula is C18H18O2. The summed E-state index contributed by atoms with van der Waals surface area (Å²) >= 11 is 0. The zero-order valence-electron chi connectivity index (χ0n) is 11.5. The molecule has 0 saturated heterocycles. The molecule has 2 nitrogen and oxygen atoms in total. The highest BCUT2D eigenvalue weighted by molar-refractivity contribution is 5.96. The van der Waals surface area contributed by atoms with Gasteiger partial charge in [0, 0.05) is 12.0 Å². The maximum Gasteiger partial charge on any atom is 0.162 e. The molecule has 102 valence electrons. The van der Waals surface area contributed by atoms with Crippen LogP contribution in [0.2, 0.25) is 0 Å². The highest BCUT2D eigenvalue weighted by Crippen LogP contribution is 2.21. The monoisotopic (exact) mass is 266 g/mol. The van der Waals surface area contributed by atoms with Gasteiger partial charge in [-0.1, -0.05) is 42.5 Å². The molecule has 1 aliphatic heterocycles. The number of aryl methyl sites for hydroxylation is 1. The summed E-state index contributed by atoms with van der Waals surface area (Å²) in [5.74, 6) is 0.232. The van der Waals surface area contributed by atoms with Crippen molar-refractivity contribution in [2.45, 2.75) is 32.5 Å². The number of hydrogen-bond donors (Lipinski definition) is 0. The summed E-state index contributed by atoms with van der Waals surface area (Å²) in [6.07, 6.45) is 2.46. The van der Waals surface area contributed by atoms with Gasteiger partial charge >= 0.3 is 0 Å². The molecule has 0 amide bonds. The zero-order chi connectivity index (χ0) is 13.8. The Morgan fingerprint density at radius 3 is 2.65 bits per heavy atom. The molecule has 2 heteroatoms. The Balaban J connectivity index is 1.57. The fraction of sp³-hybridized carbons (Fsp3) is 0.278. The molecule has 1 aliphatic rings. The number of Topliss-reactive ketones (excluding diaryl/α,β-unsaturated/α-hetero) is 1. The van der Waals surface area contributed by atoms with Crippen LogP contribution < -0.4 is 0 Å². The summed E-state index contributed by atoms with van der Waals surface area (Å²) in [7, 11) is 0. The molecule has 0 saturated carbocycles. The predicted octanol–water partition coefficient (Wildman–Crippen LogP) is 3.92. The highest BCUT2D eigenvalue weighted by Gasteiger charge is 2.14. The summed E-state index contributed by atoms with van der Waals surface area (Å²) < 4.78 is 5.38. The van der Waals surface area contributed by atoms with Crippen molar-refractivity contribution in [3.8, 4) is 0 Å². The van der Waals surface area contributed by atoms with Crippen molar-refractivity contribution < 1.29 is 9.53 Å². The van der Waals surface area contributed by atoms with E-state index in [9.17, 15) is 4.79 Å². The third-order valence-electron chi connectivity index (χ3n) is 3.76. The SMILES string of the molecule is O=C(CCCc1ccccc1)c1ccc2c(c1)COC2. The first kappa shape index (κ1) is 13.1. The van der Waals surface area contributed by atoms with Gasteiger partial charge in [-0.25, -0.2) is 0 Å². The van der Waals surface area contributed by atoms with Crippen molar-refractivity contribution in [2.24, 2.45) is 0 Å². The van der Waals surface area contributed by atoms with E-state index in [4.69, 9.17) is 4.74 Å². The topological polar surface area (TPSA) is 26.3 Å². The van der Waals surface area contributed by atoms with Crippen molar-refractivity contribution in [2.75, 3.05) is 0 Å². The van der Waals surface area contributed by atoms with E-state index in [0.29, 0.717) is 19.6 Å². The molecule has 1 heterocycles. The number of carbonyl (C=O) groups excluding carboxylic acids is 1. The summed E-state index contributed by atoms with van der Waals surface area (Å²) in [5, 5.41) is 0. The van der Waals surface area contributed by atoms with E-state index in [1.807, 2.05) is 36.4 Å². The first-order chi connectivity index (χ1) is 9.83. The van der Waals surface area contributed by atoms with Crippen LogP contribution in [0.3, 0.4) is 0 Å². The van der Waals surface area contributed by atoms with Gasteiger partial charge in [-0.2, -0.15) is 0 Å². The van der Waals surface area contributed by atoms with Crippen molar-refractivity contribution in [3.63, 3.8) is 0 Å². The van der Waals surface area contributed by atoms with Gasteiger partial charge in [-0.3, -0.25) is 4.79 Å². The van der Waals surface area contributed by atoms with Gasteiger partial charge in [0.25, 0.3) is 0 Å². The standard InChI is InChI=1S/C18H18O2/c19-18(8-4-7-14-5-2-1-3-6-14)15-9-10-16-12-20-13-17(16)11-15/h1-3,5-6,9-11H,4,7-8,12-13H2. The maximum atomic E-state index is 12.2. The van der Waals surface area contributed by atoms with E-state index < -0.39 is 0 Å². The summed E-state index contributed by atoms with van der Waals surface area (Å²) in [5.41, 5.74) is 4.50. The first-order valence-corrected chi connectivity index (χ1v) is 7.09. The second-order valence-electron chi connectivity index (χ2n) is 5.24. The highest BCUT2D eigenvalue weighted by atomic mass is 16.5. The minimum atomic E-state index is 0.232. The lowest BCUT2D eigenvalue weighted by Gasteiger charge is -2.04. The van der Waals surface area contributed by atoms with Gasteiger partial charge in [0.2, 0.25) is 0 Å². The van der Waals surface area contributed by atoms with Gasteiger partial charge in [-0.15, -0.1) is 0 Å². The van der Waals surface area contributed by atoms with Crippen molar-refractivity contribution in [1.29, 1.82) is 0 Å². The van der Waals surface area contributed by atoms with Crippen LogP contribution in [-0.4, -0.2) is 5.78 Å². The Morgan fingerprint density at radius 2 is 1.80 bits per heavy atom. The Morgan fingerprint density at radius 1 is 1.00 bits per heavy atom. The second-order valence-corrected chi connectivity index (χ2v) is 5.24. The molecule has 0 radical (unpaired) electrons. The Hall–Kier alpha value is -1.93. The van der Waals surface area contributed by atoms with Crippen LogP contribution in [-0.2, 0) is 24.4 Å². The fourth-order valence-corrected chi connectivity index (χ4v) is 2.59. The van der Waals surface area contributed by atoms with Gasteiger partial charge in [0.1, 0.15) is 0 Å². The largest absolute Gasteiger partial charge is 0.372 e. The molecular weight excluding hydrogens is 248 g/mol. The van der Waals surface area contributed by atoms with E-state index in [1.54, 1.807) is 0 Å². The van der Waals surface area contributed by atoms with Gasteiger partial charge < -0.3 is 4.74 Å². The molecule has 2 aromatic rings. The lowest BCUT2D eigenvalue weighted by Crippen LogP contribution is -2.01. The van der Waals surface area contributed by atoms with E-state index in [1.165, 1.54) is 16.7 Å². The maximum absolute atomic E-state index is 12.2. The van der Waals surface area contributed by atoms with Crippen LogP contribution in [0.25, 0.3) is 0 Å². The normalized spacial score (nSPS) is 13.2. The van der Waals surface area contributed by atoms with Crippen LogP contribution in [0.15, 0.2) is 48.5 Å². The summed E-state index contributed by atoms with van der Waals surface area (Å²) in [6, 6.07) is 16.3. The number of ketones is 1. The minimum Gasteiger partial charge on any atom is -0.372 e. The lowest BCUT2D eigenvalue weighted by atomic mass is 9.99. The van der Waals surface area contributed by atoms with Crippen LogP contribution >= 0.6 is 0 Å². The number of carbonyl (C=O) groups is 1. The zero-order valence-corrected chi connectivity index (χ0v) is 11.5. The van der Waals surface area contributed by atoms with E-state index >= 15 is 0 Å². The van der Waals surface area contributed by atoms with E-state index in [0.717, 1.165) is 18.4 Å². The molecule has 20 heavy (non-hydrogen) atoms. The smallest absolute Gasteiger partial charge is 0.162 e. The van der Waals surface area contributed by atoms with Crippen LogP contribution in [0.4, 0.5) is 0 Å². The molecule has 0 spiro atoms. The van der Waals surface area contributed by atoms with Gasteiger partial charge in [0.15, 0.2) is 5.78 Å². The first-order valence-electron chi connectivity index (χ1n) is 7.09. The Labute approximate surface area is 119 Å². The predicted molar refractivity (Wildman–Crippen MR) is 78.6 cm³/mol. The van der Waals surface area contributed by atoms with Crippen LogP contribution in [0, 0.1) is 0 Å². The van der Waals surface area contributed by atoms with Gasteiger partial charge in [-0.05, 0) is 35.6 Å². The lowest BCUT2D eigenvalue weighted by molar-refractivity contribution is 0.0980. The average Bonchev–Trinajstić information content (AvgIpc) is 2.95. The van der Waals surface area contributed by atoms with Crippen LogP contribution in [0.1, 0.15) is 39.9 Å². The molecule has 0 aliphatic carbocycles. The molecule has 3 rings (SSSR count). The molecule has 0 N–H and O–H groups in total. The molecule has 0 atom stereocenters. The van der Waals surface area contributed by atoms with Crippen LogP contribution in [0.5, 0.6) is 0 Å². The van der Waals surface area contributed by atoms with Gasteiger partial charge in [0.05, 0.1) is 13.2 Å². The second kappa shape index (κ2) is 6.02. The number of ether oxygens (including phenoxy) is 1. The van der Waals surface area contributed by atoms with Crippen molar-refractivity contribution in [3.05, 3.63) is 70.8 Å².